The van der Waals surface area contributed by atoms with Gasteiger partial charge in [0.1, 0.15) is 0 Å². The second-order valence-corrected chi connectivity index (χ2v) is 5.26. The Hall–Kier alpha value is -1.68. The van der Waals surface area contributed by atoms with E-state index in [1.165, 1.54) is 16.7 Å². The zero-order chi connectivity index (χ0) is 15.1. The summed E-state index contributed by atoms with van der Waals surface area (Å²) in [6, 6.07) is 16.7. The standard InChI is InChI=1S/C18H23NO2/c1-14(18-5-3-4-17(10-18)12-20)19-11-15-6-8-16(9-7-15)13-21-2/h3-10,14,19-20H,11-13H2,1-2H3. The minimum Gasteiger partial charge on any atom is -0.392 e. The molecule has 2 rings (SSSR count). The van der Waals surface area contributed by atoms with E-state index >= 15 is 0 Å². The first-order valence-corrected chi connectivity index (χ1v) is 7.22. The van der Waals surface area contributed by atoms with E-state index in [1.807, 2.05) is 18.2 Å². The van der Waals surface area contributed by atoms with E-state index in [4.69, 9.17) is 4.74 Å². The van der Waals surface area contributed by atoms with Crippen LogP contribution in [0.3, 0.4) is 0 Å². The van der Waals surface area contributed by atoms with E-state index in [0.29, 0.717) is 6.61 Å². The molecule has 0 aliphatic heterocycles. The van der Waals surface area contributed by atoms with Gasteiger partial charge in [-0.2, -0.15) is 0 Å². The molecule has 0 bridgehead atoms. The molecule has 0 fully saturated rings. The van der Waals surface area contributed by atoms with Gasteiger partial charge in [-0.05, 0) is 29.2 Å². The van der Waals surface area contributed by atoms with Crippen LogP contribution in [-0.4, -0.2) is 12.2 Å². The van der Waals surface area contributed by atoms with E-state index in [0.717, 1.165) is 12.1 Å². The first-order chi connectivity index (χ1) is 10.2. The molecule has 0 amide bonds. The molecular formula is C18H23NO2. The van der Waals surface area contributed by atoms with Crippen LogP contribution in [0.2, 0.25) is 0 Å². The lowest BCUT2D eigenvalue weighted by Crippen LogP contribution is -2.18. The Kier molecular flexibility index (Phi) is 5.93. The first kappa shape index (κ1) is 15.7. The summed E-state index contributed by atoms with van der Waals surface area (Å²) in [7, 11) is 1.71. The van der Waals surface area contributed by atoms with Gasteiger partial charge in [0.25, 0.3) is 0 Å². The molecule has 0 aliphatic carbocycles. The van der Waals surface area contributed by atoms with E-state index in [9.17, 15) is 5.11 Å². The Morgan fingerprint density at radius 1 is 1.05 bits per heavy atom. The van der Waals surface area contributed by atoms with E-state index in [1.54, 1.807) is 7.11 Å². The molecule has 0 spiro atoms. The first-order valence-electron chi connectivity index (χ1n) is 7.22. The highest BCUT2D eigenvalue weighted by Crippen LogP contribution is 2.15. The van der Waals surface area contributed by atoms with Crippen molar-refractivity contribution in [1.82, 2.24) is 5.32 Å². The molecule has 0 saturated carbocycles. The highest BCUT2D eigenvalue weighted by Gasteiger charge is 2.05. The number of aliphatic hydroxyl groups is 1. The molecule has 0 saturated heterocycles. The fraction of sp³-hybridized carbons (Fsp3) is 0.333. The summed E-state index contributed by atoms with van der Waals surface area (Å²) in [6.07, 6.45) is 0. The normalized spacial score (nSPS) is 12.3. The van der Waals surface area contributed by atoms with Crippen molar-refractivity contribution in [3.8, 4) is 0 Å². The molecule has 3 heteroatoms. The monoisotopic (exact) mass is 285 g/mol. The third-order valence-corrected chi connectivity index (χ3v) is 3.58. The summed E-state index contributed by atoms with van der Waals surface area (Å²) >= 11 is 0. The average molecular weight is 285 g/mol. The number of hydrogen-bond donors (Lipinski definition) is 2. The predicted octanol–water partition coefficient (Wildman–Crippen LogP) is 3.18. The van der Waals surface area contributed by atoms with E-state index in [2.05, 4.69) is 42.6 Å². The van der Waals surface area contributed by atoms with E-state index < -0.39 is 0 Å². The van der Waals surface area contributed by atoms with Crippen LogP contribution in [0, 0.1) is 0 Å². The lowest BCUT2D eigenvalue weighted by atomic mass is 10.0. The van der Waals surface area contributed by atoms with Gasteiger partial charge in [-0.1, -0.05) is 48.5 Å². The van der Waals surface area contributed by atoms with Gasteiger partial charge in [0, 0.05) is 19.7 Å². The molecule has 2 aromatic rings. The zero-order valence-corrected chi connectivity index (χ0v) is 12.7. The van der Waals surface area contributed by atoms with Crippen LogP contribution in [-0.2, 0) is 24.5 Å². The molecule has 0 radical (unpaired) electrons. The summed E-state index contributed by atoms with van der Waals surface area (Å²) in [6.45, 7) is 3.69. The van der Waals surface area contributed by atoms with Crippen molar-refractivity contribution in [2.75, 3.05) is 7.11 Å². The number of ether oxygens (including phenoxy) is 1. The number of methoxy groups -OCH3 is 1. The van der Waals surface area contributed by atoms with Crippen molar-refractivity contribution in [3.63, 3.8) is 0 Å². The smallest absolute Gasteiger partial charge is 0.0713 e. The van der Waals surface area contributed by atoms with E-state index in [-0.39, 0.29) is 12.6 Å². The largest absolute Gasteiger partial charge is 0.392 e. The summed E-state index contributed by atoms with van der Waals surface area (Å²) in [5, 5.41) is 12.7. The minimum atomic E-state index is 0.0848. The molecule has 3 nitrogen and oxygen atoms in total. The predicted molar refractivity (Wildman–Crippen MR) is 84.8 cm³/mol. The Morgan fingerprint density at radius 2 is 1.76 bits per heavy atom. The van der Waals surface area contributed by atoms with Gasteiger partial charge in [0.15, 0.2) is 0 Å². The van der Waals surface area contributed by atoms with Crippen molar-refractivity contribution in [1.29, 1.82) is 0 Å². The van der Waals surface area contributed by atoms with Gasteiger partial charge in [-0.3, -0.25) is 0 Å². The van der Waals surface area contributed by atoms with Crippen LogP contribution in [0.5, 0.6) is 0 Å². The highest BCUT2D eigenvalue weighted by atomic mass is 16.5. The van der Waals surface area contributed by atoms with Gasteiger partial charge in [0.2, 0.25) is 0 Å². The van der Waals surface area contributed by atoms with Crippen LogP contribution < -0.4 is 5.32 Å². The second kappa shape index (κ2) is 7.93. The van der Waals surface area contributed by atoms with Gasteiger partial charge < -0.3 is 15.2 Å². The zero-order valence-electron chi connectivity index (χ0n) is 12.7. The number of rotatable bonds is 7. The Bertz CT molecular complexity index is 551. The lowest BCUT2D eigenvalue weighted by Gasteiger charge is -2.15. The number of benzene rings is 2. The molecular weight excluding hydrogens is 262 g/mol. The van der Waals surface area contributed by atoms with Crippen LogP contribution in [0.25, 0.3) is 0 Å². The van der Waals surface area contributed by atoms with Crippen LogP contribution in [0.1, 0.15) is 35.2 Å². The van der Waals surface area contributed by atoms with Gasteiger partial charge in [-0.25, -0.2) is 0 Å². The van der Waals surface area contributed by atoms with Crippen LogP contribution in [0.15, 0.2) is 48.5 Å². The Morgan fingerprint density at radius 3 is 2.43 bits per heavy atom. The summed E-state index contributed by atoms with van der Waals surface area (Å²) in [5.74, 6) is 0. The van der Waals surface area contributed by atoms with Gasteiger partial charge in [-0.15, -0.1) is 0 Å². The van der Waals surface area contributed by atoms with Crippen molar-refractivity contribution in [2.24, 2.45) is 0 Å². The van der Waals surface area contributed by atoms with Gasteiger partial charge >= 0.3 is 0 Å². The maximum Gasteiger partial charge on any atom is 0.0713 e. The highest BCUT2D eigenvalue weighted by molar-refractivity contribution is 5.26. The number of nitrogens with one attached hydrogen (secondary N) is 1. The SMILES string of the molecule is COCc1ccc(CNC(C)c2cccc(CO)c2)cc1. The number of hydrogen-bond acceptors (Lipinski definition) is 3. The fourth-order valence-corrected chi connectivity index (χ4v) is 2.27. The lowest BCUT2D eigenvalue weighted by molar-refractivity contribution is 0.185. The Labute approximate surface area is 126 Å². The molecule has 0 aromatic heterocycles. The van der Waals surface area contributed by atoms with Gasteiger partial charge in [0.05, 0.1) is 13.2 Å². The quantitative estimate of drug-likeness (QED) is 0.821. The fourth-order valence-electron chi connectivity index (χ4n) is 2.27. The third kappa shape index (κ3) is 4.67. The molecule has 2 N–H and O–H groups in total. The number of aliphatic hydroxyl groups excluding tert-OH is 1. The summed E-state index contributed by atoms with van der Waals surface area (Å²) < 4.78 is 5.11. The molecule has 1 unspecified atom stereocenters. The average Bonchev–Trinajstić information content (AvgIpc) is 2.54. The molecule has 0 heterocycles. The molecule has 0 aliphatic rings. The van der Waals surface area contributed by atoms with Crippen molar-refractivity contribution >= 4 is 0 Å². The minimum absolute atomic E-state index is 0.0848. The topological polar surface area (TPSA) is 41.5 Å². The van der Waals surface area contributed by atoms with Crippen molar-refractivity contribution in [3.05, 3.63) is 70.8 Å². The van der Waals surface area contributed by atoms with Crippen molar-refractivity contribution in [2.45, 2.75) is 32.7 Å². The van der Waals surface area contributed by atoms with Crippen molar-refractivity contribution < 1.29 is 9.84 Å². The molecule has 1 atom stereocenters. The molecule has 21 heavy (non-hydrogen) atoms. The van der Waals surface area contributed by atoms with Crippen LogP contribution in [0.4, 0.5) is 0 Å². The summed E-state index contributed by atoms with van der Waals surface area (Å²) in [5.41, 5.74) is 4.58. The second-order valence-electron chi connectivity index (χ2n) is 5.26. The molecule has 112 valence electrons. The van der Waals surface area contributed by atoms with Crippen LogP contribution >= 0.6 is 0 Å². The Balaban J connectivity index is 1.92. The maximum absolute atomic E-state index is 9.19. The summed E-state index contributed by atoms with van der Waals surface area (Å²) in [4.78, 5) is 0. The maximum atomic E-state index is 9.19. The molecule has 2 aromatic carbocycles. The third-order valence-electron chi connectivity index (χ3n) is 3.58.